The number of benzene rings is 1. The molecule has 134 valence electrons. The van der Waals surface area contributed by atoms with Gasteiger partial charge in [-0.05, 0) is 50.5 Å². The molecule has 0 aliphatic heterocycles. The fourth-order valence-corrected chi connectivity index (χ4v) is 3.03. The molecule has 1 aromatic carbocycles. The van der Waals surface area contributed by atoms with Gasteiger partial charge in [0.1, 0.15) is 5.75 Å². The number of carbonyl (C=O) groups excluding carboxylic acids is 1. The molecular weight excluding hydrogens is 321 g/mol. The number of halogens is 3. The molecule has 4 nitrogen and oxygen atoms in total. The lowest BCUT2D eigenvalue weighted by Gasteiger charge is -2.28. The average Bonchev–Trinajstić information content (AvgIpc) is 3.00. The van der Waals surface area contributed by atoms with Crippen molar-refractivity contribution in [3.63, 3.8) is 0 Å². The van der Waals surface area contributed by atoms with E-state index in [-0.39, 0.29) is 17.8 Å². The minimum atomic E-state index is -4.37. The van der Waals surface area contributed by atoms with Crippen molar-refractivity contribution in [1.82, 2.24) is 4.90 Å². The van der Waals surface area contributed by atoms with Gasteiger partial charge in [0.25, 0.3) is 0 Å². The third-order valence-electron chi connectivity index (χ3n) is 4.18. The third kappa shape index (κ3) is 5.04. The van der Waals surface area contributed by atoms with Gasteiger partial charge < -0.3 is 15.0 Å². The standard InChI is InChI=1S/C17H23F3N2O2/c1-3-22(14-6-4-5-7-14)16(23)21-13-8-9-15(12(2)10-13)24-11-17(18,19)20/h8-10,14H,3-7,11H2,1-2H3,(H,21,23). The highest BCUT2D eigenvalue weighted by atomic mass is 19.4. The molecule has 0 aromatic heterocycles. The summed E-state index contributed by atoms with van der Waals surface area (Å²) in [5.41, 5.74) is 1.09. The van der Waals surface area contributed by atoms with Crippen molar-refractivity contribution in [3.8, 4) is 5.75 Å². The van der Waals surface area contributed by atoms with E-state index in [0.29, 0.717) is 17.8 Å². The molecular formula is C17H23F3N2O2. The third-order valence-corrected chi connectivity index (χ3v) is 4.18. The maximum absolute atomic E-state index is 12.4. The van der Waals surface area contributed by atoms with E-state index in [9.17, 15) is 18.0 Å². The Labute approximate surface area is 140 Å². The second-order valence-corrected chi connectivity index (χ2v) is 6.04. The van der Waals surface area contributed by atoms with Crippen LogP contribution in [0, 0.1) is 6.92 Å². The van der Waals surface area contributed by atoms with Crippen LogP contribution in [-0.2, 0) is 0 Å². The first-order valence-corrected chi connectivity index (χ1v) is 8.18. The predicted octanol–water partition coefficient (Wildman–Crippen LogP) is 4.73. The summed E-state index contributed by atoms with van der Waals surface area (Å²) in [7, 11) is 0. The van der Waals surface area contributed by atoms with Crippen molar-refractivity contribution >= 4 is 11.7 Å². The van der Waals surface area contributed by atoms with Crippen molar-refractivity contribution in [2.24, 2.45) is 0 Å². The summed E-state index contributed by atoms with van der Waals surface area (Å²) in [5, 5.41) is 2.82. The van der Waals surface area contributed by atoms with Gasteiger partial charge in [-0.3, -0.25) is 0 Å². The van der Waals surface area contributed by atoms with E-state index in [1.54, 1.807) is 19.1 Å². The van der Waals surface area contributed by atoms with Gasteiger partial charge in [0, 0.05) is 18.3 Å². The lowest BCUT2D eigenvalue weighted by atomic mass is 10.2. The quantitative estimate of drug-likeness (QED) is 0.839. The van der Waals surface area contributed by atoms with Crippen LogP contribution >= 0.6 is 0 Å². The lowest BCUT2D eigenvalue weighted by Crippen LogP contribution is -2.41. The van der Waals surface area contributed by atoms with Crippen LogP contribution in [0.5, 0.6) is 5.75 Å². The number of urea groups is 1. The maximum atomic E-state index is 12.4. The molecule has 1 aliphatic carbocycles. The summed E-state index contributed by atoms with van der Waals surface area (Å²) in [6, 6.07) is 4.71. The molecule has 0 unspecified atom stereocenters. The highest BCUT2D eigenvalue weighted by molar-refractivity contribution is 5.89. The van der Waals surface area contributed by atoms with Crippen molar-refractivity contribution in [1.29, 1.82) is 0 Å². The van der Waals surface area contributed by atoms with E-state index in [1.165, 1.54) is 6.07 Å². The fraction of sp³-hybridized carbons (Fsp3) is 0.588. The summed E-state index contributed by atoms with van der Waals surface area (Å²) >= 11 is 0. The van der Waals surface area contributed by atoms with Crippen LogP contribution in [0.1, 0.15) is 38.2 Å². The summed E-state index contributed by atoms with van der Waals surface area (Å²) in [5.74, 6) is 0.161. The topological polar surface area (TPSA) is 41.6 Å². The van der Waals surface area contributed by atoms with Gasteiger partial charge in [-0.15, -0.1) is 0 Å². The Morgan fingerprint density at radius 3 is 2.54 bits per heavy atom. The molecule has 1 saturated carbocycles. The summed E-state index contributed by atoms with van der Waals surface area (Å²) in [6.45, 7) is 2.89. The number of nitrogens with zero attached hydrogens (tertiary/aromatic N) is 1. The van der Waals surface area contributed by atoms with Crippen molar-refractivity contribution in [2.45, 2.75) is 51.7 Å². The van der Waals surface area contributed by atoms with Crippen molar-refractivity contribution in [2.75, 3.05) is 18.5 Å². The Morgan fingerprint density at radius 1 is 1.33 bits per heavy atom. The van der Waals surface area contributed by atoms with E-state index >= 15 is 0 Å². The number of anilines is 1. The zero-order valence-corrected chi connectivity index (χ0v) is 13.9. The molecule has 0 saturated heterocycles. The molecule has 0 radical (unpaired) electrons. The second kappa shape index (κ2) is 7.77. The van der Waals surface area contributed by atoms with Crippen LogP contribution in [-0.4, -0.2) is 36.3 Å². The van der Waals surface area contributed by atoms with Crippen LogP contribution in [0.15, 0.2) is 18.2 Å². The number of ether oxygens (including phenoxy) is 1. The second-order valence-electron chi connectivity index (χ2n) is 6.04. The van der Waals surface area contributed by atoms with Crippen molar-refractivity contribution in [3.05, 3.63) is 23.8 Å². The molecule has 0 heterocycles. The first kappa shape index (κ1) is 18.4. The minimum Gasteiger partial charge on any atom is -0.484 e. The number of aryl methyl sites for hydroxylation is 1. The van der Waals surface area contributed by atoms with E-state index < -0.39 is 12.8 Å². The van der Waals surface area contributed by atoms with Crippen LogP contribution in [0.4, 0.5) is 23.7 Å². The normalized spacial score (nSPS) is 15.4. The van der Waals surface area contributed by atoms with Crippen molar-refractivity contribution < 1.29 is 22.7 Å². The molecule has 0 atom stereocenters. The fourth-order valence-electron chi connectivity index (χ4n) is 3.03. The molecule has 1 fully saturated rings. The van der Waals surface area contributed by atoms with Crippen LogP contribution in [0.25, 0.3) is 0 Å². The van der Waals surface area contributed by atoms with Crippen LogP contribution in [0.2, 0.25) is 0 Å². The van der Waals surface area contributed by atoms with Gasteiger partial charge in [-0.25, -0.2) is 4.79 Å². The first-order chi connectivity index (χ1) is 11.3. The molecule has 1 N–H and O–H groups in total. The van der Waals surface area contributed by atoms with E-state index in [2.05, 4.69) is 5.32 Å². The molecule has 2 amide bonds. The summed E-state index contributed by atoms with van der Waals surface area (Å²) in [4.78, 5) is 14.2. The molecule has 0 spiro atoms. The number of hydrogen-bond acceptors (Lipinski definition) is 2. The number of rotatable bonds is 5. The van der Waals surface area contributed by atoms with Crippen LogP contribution < -0.4 is 10.1 Å². The highest BCUT2D eigenvalue weighted by Gasteiger charge is 2.29. The minimum absolute atomic E-state index is 0.161. The largest absolute Gasteiger partial charge is 0.484 e. The smallest absolute Gasteiger partial charge is 0.422 e. The number of nitrogens with one attached hydrogen (secondary N) is 1. The average molecular weight is 344 g/mol. The monoisotopic (exact) mass is 344 g/mol. The van der Waals surface area contributed by atoms with E-state index in [4.69, 9.17) is 4.74 Å². The van der Waals surface area contributed by atoms with E-state index in [1.807, 2.05) is 11.8 Å². The van der Waals surface area contributed by atoms with Gasteiger partial charge in [0.05, 0.1) is 0 Å². The zero-order valence-electron chi connectivity index (χ0n) is 13.9. The summed E-state index contributed by atoms with van der Waals surface area (Å²) in [6.07, 6.45) is -0.0607. The Bertz CT molecular complexity index is 569. The maximum Gasteiger partial charge on any atom is 0.422 e. The molecule has 24 heavy (non-hydrogen) atoms. The van der Waals surface area contributed by atoms with Crippen LogP contribution in [0.3, 0.4) is 0 Å². The van der Waals surface area contributed by atoms with Gasteiger partial charge in [-0.1, -0.05) is 12.8 Å². The number of hydrogen-bond donors (Lipinski definition) is 1. The lowest BCUT2D eigenvalue weighted by molar-refractivity contribution is -0.153. The SMILES string of the molecule is CCN(C(=O)Nc1ccc(OCC(F)(F)F)c(C)c1)C1CCCC1. The van der Waals surface area contributed by atoms with Gasteiger partial charge in [-0.2, -0.15) is 13.2 Å². The molecule has 1 aliphatic rings. The molecule has 2 rings (SSSR count). The molecule has 7 heteroatoms. The zero-order chi connectivity index (χ0) is 17.7. The Morgan fingerprint density at radius 2 is 2.00 bits per heavy atom. The molecule has 1 aromatic rings. The Balaban J connectivity index is 1.99. The summed E-state index contributed by atoms with van der Waals surface area (Å²) < 4.78 is 41.4. The predicted molar refractivity (Wildman–Crippen MR) is 86.4 cm³/mol. The van der Waals surface area contributed by atoms with Gasteiger partial charge in [0.15, 0.2) is 6.61 Å². The van der Waals surface area contributed by atoms with E-state index in [0.717, 1.165) is 25.7 Å². The van der Waals surface area contributed by atoms with Gasteiger partial charge in [0.2, 0.25) is 0 Å². The first-order valence-electron chi connectivity index (χ1n) is 8.18. The highest BCUT2D eigenvalue weighted by Crippen LogP contribution is 2.26. The number of carbonyl (C=O) groups is 1. The number of alkyl halides is 3. The molecule has 0 bridgehead atoms. The Hall–Kier alpha value is -1.92. The number of amides is 2. The Kier molecular flexibility index (Phi) is 5.96. The van der Waals surface area contributed by atoms with Gasteiger partial charge >= 0.3 is 12.2 Å².